The first-order chi connectivity index (χ1) is 7.58. The normalized spacial score (nSPS) is 23.2. The Morgan fingerprint density at radius 3 is 2.71 bits per heavy atom. The summed E-state index contributed by atoms with van der Waals surface area (Å²) >= 11 is 13.4. The van der Waals surface area contributed by atoms with E-state index in [0.717, 1.165) is 5.56 Å². The van der Waals surface area contributed by atoms with Gasteiger partial charge in [-0.05, 0) is 17.7 Å². The summed E-state index contributed by atoms with van der Waals surface area (Å²) in [4.78, 5) is 10.8. The molecule has 2 rings (SSSR count). The lowest BCUT2D eigenvalue weighted by Gasteiger charge is -2.13. The fourth-order valence-corrected chi connectivity index (χ4v) is 3.36. The Bertz CT molecular complexity index is 430. The first kappa shape index (κ1) is 14.9. The van der Waals surface area contributed by atoms with Crippen LogP contribution in [0.2, 0.25) is 10.0 Å². The van der Waals surface area contributed by atoms with Gasteiger partial charge in [-0.3, -0.25) is 10.1 Å². The van der Waals surface area contributed by atoms with Crippen molar-refractivity contribution in [2.45, 2.75) is 11.4 Å². The third-order valence-electron chi connectivity index (χ3n) is 2.33. The second-order valence-corrected chi connectivity index (χ2v) is 5.42. The van der Waals surface area contributed by atoms with Crippen LogP contribution in [0.3, 0.4) is 0 Å². The number of carbonyl (C=O) groups is 1. The lowest BCUT2D eigenvalue weighted by Crippen LogP contribution is -2.33. The van der Waals surface area contributed by atoms with Gasteiger partial charge in [-0.1, -0.05) is 29.3 Å². The van der Waals surface area contributed by atoms with Gasteiger partial charge in [-0.2, -0.15) is 0 Å². The van der Waals surface area contributed by atoms with Gasteiger partial charge >= 0.3 is 5.97 Å². The molecule has 1 aliphatic heterocycles. The highest BCUT2D eigenvalue weighted by atomic mass is 35.5. The van der Waals surface area contributed by atoms with E-state index in [1.165, 1.54) is 11.8 Å². The summed E-state index contributed by atoms with van der Waals surface area (Å²) in [6.45, 7) is 0. The maximum absolute atomic E-state index is 10.8. The van der Waals surface area contributed by atoms with Gasteiger partial charge < -0.3 is 5.11 Å². The largest absolute Gasteiger partial charge is 0.480 e. The Morgan fingerprint density at radius 2 is 2.18 bits per heavy atom. The predicted molar refractivity (Wildman–Crippen MR) is 73.5 cm³/mol. The van der Waals surface area contributed by atoms with Gasteiger partial charge in [-0.15, -0.1) is 24.2 Å². The zero-order valence-electron chi connectivity index (χ0n) is 8.52. The van der Waals surface area contributed by atoms with Crippen LogP contribution < -0.4 is 5.32 Å². The highest BCUT2D eigenvalue weighted by Gasteiger charge is 2.31. The summed E-state index contributed by atoms with van der Waals surface area (Å²) < 4.78 is 0. The first-order valence-corrected chi connectivity index (χ1v) is 6.44. The average Bonchev–Trinajstić information content (AvgIpc) is 2.66. The van der Waals surface area contributed by atoms with Crippen molar-refractivity contribution in [2.24, 2.45) is 0 Å². The molecular weight excluding hydrogens is 305 g/mol. The molecule has 2 atom stereocenters. The zero-order valence-corrected chi connectivity index (χ0v) is 11.7. The second-order valence-electron chi connectivity index (χ2n) is 3.44. The van der Waals surface area contributed by atoms with Crippen molar-refractivity contribution in [1.29, 1.82) is 0 Å². The molecule has 1 aliphatic rings. The molecule has 0 saturated carbocycles. The SMILES string of the molecule is Cl.O=C(O)C1CSC(c2ccc(Cl)cc2Cl)N1. The van der Waals surface area contributed by atoms with Crippen molar-refractivity contribution in [3.63, 3.8) is 0 Å². The number of halogens is 3. The molecule has 1 saturated heterocycles. The van der Waals surface area contributed by atoms with Crippen molar-refractivity contribution < 1.29 is 9.90 Å². The van der Waals surface area contributed by atoms with Crippen LogP contribution in [0.4, 0.5) is 0 Å². The van der Waals surface area contributed by atoms with E-state index in [9.17, 15) is 4.79 Å². The molecule has 0 amide bonds. The fraction of sp³-hybridized carbons (Fsp3) is 0.300. The Hall–Kier alpha value is -0.130. The molecule has 7 heteroatoms. The van der Waals surface area contributed by atoms with Gasteiger partial charge in [0.05, 0.1) is 5.37 Å². The van der Waals surface area contributed by atoms with E-state index in [2.05, 4.69) is 5.32 Å². The van der Waals surface area contributed by atoms with E-state index in [1.54, 1.807) is 12.1 Å². The zero-order chi connectivity index (χ0) is 11.7. The average molecular weight is 315 g/mol. The highest BCUT2D eigenvalue weighted by Crippen LogP contribution is 2.37. The maximum Gasteiger partial charge on any atom is 0.321 e. The number of rotatable bonds is 2. The molecule has 1 aromatic carbocycles. The molecular formula is C10H10Cl3NO2S. The summed E-state index contributed by atoms with van der Waals surface area (Å²) in [6.07, 6.45) is 0. The standard InChI is InChI=1S/C10H9Cl2NO2S.ClH/c11-5-1-2-6(7(12)3-5)9-13-8(4-16-9)10(14)15;/h1-3,8-9,13H,4H2,(H,14,15);1H. The third-order valence-corrected chi connectivity index (χ3v) is 4.14. The Morgan fingerprint density at radius 1 is 1.47 bits per heavy atom. The van der Waals surface area contributed by atoms with Gasteiger partial charge in [0.25, 0.3) is 0 Å². The fourth-order valence-electron chi connectivity index (χ4n) is 1.51. The van der Waals surface area contributed by atoms with Crippen LogP contribution in [0.15, 0.2) is 18.2 Å². The Labute approximate surface area is 119 Å². The summed E-state index contributed by atoms with van der Waals surface area (Å²) in [5, 5.41) is 12.9. The minimum Gasteiger partial charge on any atom is -0.480 e. The number of thioether (sulfide) groups is 1. The molecule has 1 aromatic rings. The molecule has 0 radical (unpaired) electrons. The van der Waals surface area contributed by atoms with Gasteiger partial charge in [0.1, 0.15) is 6.04 Å². The topological polar surface area (TPSA) is 49.3 Å². The molecule has 1 fully saturated rings. The molecule has 1 heterocycles. The van der Waals surface area contributed by atoms with Crippen LogP contribution >= 0.6 is 47.4 Å². The number of aliphatic carboxylic acids is 1. The number of carboxylic acids is 1. The lowest BCUT2D eigenvalue weighted by atomic mass is 10.2. The van der Waals surface area contributed by atoms with Crippen LogP contribution in [-0.2, 0) is 4.79 Å². The minimum atomic E-state index is -0.833. The number of carboxylic acid groups (broad SMARTS) is 1. The molecule has 3 nitrogen and oxygen atoms in total. The van der Waals surface area contributed by atoms with Gasteiger partial charge in [0.15, 0.2) is 0 Å². The second kappa shape index (κ2) is 6.16. The van der Waals surface area contributed by atoms with E-state index in [-0.39, 0.29) is 17.8 Å². The van der Waals surface area contributed by atoms with Gasteiger partial charge in [-0.25, -0.2) is 0 Å². The van der Waals surface area contributed by atoms with E-state index in [4.69, 9.17) is 28.3 Å². The van der Waals surface area contributed by atoms with Crippen LogP contribution in [-0.4, -0.2) is 22.9 Å². The van der Waals surface area contributed by atoms with E-state index in [1.807, 2.05) is 6.07 Å². The summed E-state index contributed by atoms with van der Waals surface area (Å²) in [6, 6.07) is 4.72. The number of hydrogen-bond acceptors (Lipinski definition) is 3. The number of benzene rings is 1. The number of hydrogen-bond donors (Lipinski definition) is 2. The van der Waals surface area contributed by atoms with Gasteiger partial charge in [0, 0.05) is 15.8 Å². The molecule has 94 valence electrons. The van der Waals surface area contributed by atoms with Crippen molar-refractivity contribution in [1.82, 2.24) is 5.32 Å². The molecule has 0 aliphatic carbocycles. The predicted octanol–water partition coefficient (Wildman–Crippen LogP) is 3.20. The quantitative estimate of drug-likeness (QED) is 0.880. The van der Waals surface area contributed by atoms with Crippen molar-refractivity contribution in [3.05, 3.63) is 33.8 Å². The molecule has 2 N–H and O–H groups in total. The third kappa shape index (κ3) is 3.42. The summed E-state index contributed by atoms with van der Waals surface area (Å²) in [5.74, 6) is -0.293. The Kier molecular flexibility index (Phi) is 5.41. The van der Waals surface area contributed by atoms with Crippen molar-refractivity contribution in [2.75, 3.05) is 5.75 Å². The monoisotopic (exact) mass is 313 g/mol. The van der Waals surface area contributed by atoms with E-state index in [0.29, 0.717) is 15.8 Å². The first-order valence-electron chi connectivity index (χ1n) is 4.63. The molecule has 0 bridgehead atoms. The summed E-state index contributed by atoms with van der Waals surface area (Å²) in [7, 11) is 0. The number of nitrogens with one attached hydrogen (secondary N) is 1. The van der Waals surface area contributed by atoms with Crippen LogP contribution in [0.1, 0.15) is 10.9 Å². The molecule has 2 unspecified atom stereocenters. The van der Waals surface area contributed by atoms with Crippen molar-refractivity contribution in [3.8, 4) is 0 Å². The van der Waals surface area contributed by atoms with E-state index < -0.39 is 12.0 Å². The van der Waals surface area contributed by atoms with Crippen LogP contribution in [0.5, 0.6) is 0 Å². The summed E-state index contributed by atoms with van der Waals surface area (Å²) in [5.41, 5.74) is 0.875. The van der Waals surface area contributed by atoms with E-state index >= 15 is 0 Å². The van der Waals surface area contributed by atoms with Crippen LogP contribution in [0, 0.1) is 0 Å². The Balaban J connectivity index is 0.00000144. The minimum absolute atomic E-state index is 0. The molecule has 0 spiro atoms. The molecule has 0 aromatic heterocycles. The highest BCUT2D eigenvalue weighted by molar-refractivity contribution is 7.99. The van der Waals surface area contributed by atoms with Crippen LogP contribution in [0.25, 0.3) is 0 Å². The smallest absolute Gasteiger partial charge is 0.321 e. The van der Waals surface area contributed by atoms with Gasteiger partial charge in [0.2, 0.25) is 0 Å². The lowest BCUT2D eigenvalue weighted by molar-refractivity contribution is -0.138. The molecule has 17 heavy (non-hydrogen) atoms. The maximum atomic E-state index is 10.8. The van der Waals surface area contributed by atoms with Crippen molar-refractivity contribution >= 4 is 53.3 Å².